The fourth-order valence-electron chi connectivity index (χ4n) is 10.1. The number of carbonyl (C=O) groups is 3. The van der Waals surface area contributed by atoms with Crippen molar-refractivity contribution in [3.63, 3.8) is 0 Å². The van der Waals surface area contributed by atoms with E-state index in [0.29, 0.717) is 32.1 Å². The molecule has 2 saturated heterocycles. The van der Waals surface area contributed by atoms with Gasteiger partial charge in [0.25, 0.3) is 0 Å². The minimum absolute atomic E-state index is 0.0279. The second-order valence-corrected chi connectivity index (χ2v) is 19.0. The summed E-state index contributed by atoms with van der Waals surface area (Å²) in [6.45, 7) is 13.4. The van der Waals surface area contributed by atoms with Gasteiger partial charge in [-0.15, -0.1) is 0 Å². The Morgan fingerprint density at radius 3 is 2.22 bits per heavy atom. The van der Waals surface area contributed by atoms with Gasteiger partial charge in [0.2, 0.25) is 17.7 Å². The van der Waals surface area contributed by atoms with Gasteiger partial charge in [-0.05, 0) is 86.3 Å². The highest BCUT2D eigenvalue weighted by Gasteiger charge is 2.43. The Morgan fingerprint density at radius 1 is 0.889 bits per heavy atom. The van der Waals surface area contributed by atoms with Crippen molar-refractivity contribution in [1.82, 2.24) is 15.1 Å². The van der Waals surface area contributed by atoms with E-state index in [1.807, 2.05) is 62.9 Å². The smallest absolute Gasteiger partial charge is 0.239 e. The third kappa shape index (κ3) is 13.6. The van der Waals surface area contributed by atoms with Crippen LogP contribution in [0.5, 0.6) is 0 Å². The van der Waals surface area contributed by atoms with Crippen LogP contribution in [0.3, 0.4) is 0 Å². The monoisotopic (exact) mass is 877 g/mol. The lowest BCUT2D eigenvalue weighted by molar-refractivity contribution is -0.229. The number of carbonyl (C=O) groups excluding carboxylic acids is 3. The number of amides is 3. The molecular formula is C51H80N4O8. The predicted molar refractivity (Wildman–Crippen MR) is 247 cm³/mol. The number of hydrogen-bond acceptors (Lipinski definition) is 9. The summed E-state index contributed by atoms with van der Waals surface area (Å²) in [6, 6.07) is 17.2. The molecule has 2 aliphatic heterocycles. The van der Waals surface area contributed by atoms with Crippen molar-refractivity contribution in [3.05, 3.63) is 71.3 Å². The van der Waals surface area contributed by atoms with Crippen LogP contribution in [0.4, 0.5) is 0 Å². The molecule has 3 amide bonds. The Hall–Kier alpha value is -3.39. The van der Waals surface area contributed by atoms with Crippen LogP contribution in [0.15, 0.2) is 54.6 Å². The first-order valence-corrected chi connectivity index (χ1v) is 24.0. The first-order chi connectivity index (χ1) is 30.3. The molecule has 10 unspecified atom stereocenters. The van der Waals surface area contributed by atoms with Crippen molar-refractivity contribution < 1.29 is 38.1 Å². The molecule has 0 radical (unpaired) electrons. The molecular weight excluding hydrogens is 797 g/mol. The molecule has 2 aromatic rings. The lowest BCUT2D eigenvalue weighted by Crippen LogP contribution is -2.56. The van der Waals surface area contributed by atoms with E-state index < -0.39 is 42.6 Å². The van der Waals surface area contributed by atoms with E-state index in [-0.39, 0.29) is 54.2 Å². The number of hydrogen-bond donors (Lipinski definition) is 2. The van der Waals surface area contributed by atoms with Gasteiger partial charge in [0.1, 0.15) is 6.10 Å². The molecule has 352 valence electrons. The highest BCUT2D eigenvalue weighted by Crippen LogP contribution is 2.35. The SMILES string of the molecule is CCC(C)C(C(CC(=O)N1CCCC1C(OC)C(C)C(=O)NC(C)C(OC1CCCC(COCc2ccc(C3CCCC3)cc2)O1)c1ccccc1)OC)N(C)C(=O)[C@@H](N)C(C)C. The average Bonchev–Trinajstić information content (AvgIpc) is 4.02. The molecule has 1 saturated carbocycles. The number of methoxy groups -OCH3 is 2. The van der Waals surface area contributed by atoms with Crippen molar-refractivity contribution in [2.75, 3.05) is 34.4 Å². The van der Waals surface area contributed by atoms with Gasteiger partial charge < -0.3 is 44.5 Å². The number of nitrogens with one attached hydrogen (secondary N) is 1. The standard InChI is InChI=1S/C51H80N4O8/c1-10-34(4)47(54(7)51(58)46(52)33(2)3)43(59-8)30-44(56)55-29-17-23-42(55)48(60-9)35(5)50(57)53-36(6)49(40-20-12-11-13-21-40)63-45-24-16-22-41(62-45)32-61-31-37-25-27-39(28-26-37)38-18-14-15-19-38/h11-13,20-21,25-28,33-36,38,41-43,45-49H,10,14-19,22-24,29-32,52H2,1-9H3,(H,53,57)/t34?,35?,36?,41?,42?,43?,45?,46-,47?,48?,49?/m0/s1. The second kappa shape index (κ2) is 24.8. The van der Waals surface area contributed by atoms with Crippen LogP contribution < -0.4 is 11.1 Å². The molecule has 3 N–H and O–H groups in total. The van der Waals surface area contributed by atoms with Crippen LogP contribution in [0.25, 0.3) is 0 Å². The lowest BCUT2D eigenvalue weighted by Gasteiger charge is -2.40. The van der Waals surface area contributed by atoms with Gasteiger partial charge in [0, 0.05) is 27.8 Å². The van der Waals surface area contributed by atoms with Crippen molar-refractivity contribution in [1.29, 1.82) is 0 Å². The molecule has 0 aromatic heterocycles. The molecule has 2 aromatic carbocycles. The van der Waals surface area contributed by atoms with E-state index in [4.69, 9.17) is 29.4 Å². The minimum Gasteiger partial charge on any atom is -0.379 e. The molecule has 63 heavy (non-hydrogen) atoms. The van der Waals surface area contributed by atoms with Crippen LogP contribution >= 0.6 is 0 Å². The second-order valence-electron chi connectivity index (χ2n) is 19.0. The maximum atomic E-state index is 14.2. The number of rotatable bonds is 23. The highest BCUT2D eigenvalue weighted by atomic mass is 16.7. The first kappa shape index (κ1) is 50.6. The molecule has 1 aliphatic carbocycles. The van der Waals surface area contributed by atoms with Gasteiger partial charge in [-0.25, -0.2) is 0 Å². The average molecular weight is 877 g/mol. The molecule has 12 heteroatoms. The van der Waals surface area contributed by atoms with Crippen LogP contribution in [0.2, 0.25) is 0 Å². The van der Waals surface area contributed by atoms with Gasteiger partial charge >= 0.3 is 0 Å². The van der Waals surface area contributed by atoms with Crippen molar-refractivity contribution in [2.24, 2.45) is 23.5 Å². The number of benzene rings is 2. The van der Waals surface area contributed by atoms with Gasteiger partial charge in [0.15, 0.2) is 6.29 Å². The number of nitrogens with zero attached hydrogens (tertiary/aromatic N) is 2. The van der Waals surface area contributed by atoms with E-state index in [1.54, 1.807) is 26.2 Å². The number of nitrogens with two attached hydrogens (primary N) is 1. The van der Waals surface area contributed by atoms with E-state index in [9.17, 15) is 14.4 Å². The van der Waals surface area contributed by atoms with Crippen LogP contribution in [0, 0.1) is 17.8 Å². The Kier molecular flexibility index (Phi) is 19.9. The summed E-state index contributed by atoms with van der Waals surface area (Å²) in [6.07, 6.45) is 8.12. The van der Waals surface area contributed by atoms with Crippen molar-refractivity contribution in [2.45, 2.75) is 180 Å². The Labute approximate surface area is 378 Å². The summed E-state index contributed by atoms with van der Waals surface area (Å²) in [7, 11) is 4.97. The van der Waals surface area contributed by atoms with Gasteiger partial charge in [0.05, 0.1) is 68.0 Å². The third-order valence-corrected chi connectivity index (χ3v) is 14.2. The van der Waals surface area contributed by atoms with Crippen molar-refractivity contribution >= 4 is 17.7 Å². The fourth-order valence-corrected chi connectivity index (χ4v) is 10.1. The van der Waals surface area contributed by atoms with Crippen LogP contribution in [-0.2, 0) is 44.7 Å². The zero-order valence-electron chi connectivity index (χ0n) is 39.8. The van der Waals surface area contributed by atoms with Gasteiger partial charge in [-0.3, -0.25) is 14.4 Å². The molecule has 3 aliphatic rings. The zero-order valence-corrected chi connectivity index (χ0v) is 39.8. The number of likely N-dealkylation sites (tertiary alicyclic amines) is 1. The summed E-state index contributed by atoms with van der Waals surface area (Å²) in [4.78, 5) is 45.4. The maximum Gasteiger partial charge on any atom is 0.239 e. The summed E-state index contributed by atoms with van der Waals surface area (Å²) >= 11 is 0. The Morgan fingerprint density at radius 2 is 1.59 bits per heavy atom. The number of likely N-dealkylation sites (N-methyl/N-ethyl adjacent to an activating group) is 1. The van der Waals surface area contributed by atoms with Crippen molar-refractivity contribution in [3.8, 4) is 0 Å². The van der Waals surface area contributed by atoms with E-state index in [2.05, 4.69) is 43.4 Å². The Bertz CT molecular complexity index is 1690. The third-order valence-electron chi connectivity index (χ3n) is 14.2. The Balaban J connectivity index is 1.19. The van der Waals surface area contributed by atoms with E-state index >= 15 is 0 Å². The topological polar surface area (TPSA) is 142 Å². The lowest BCUT2D eigenvalue weighted by atomic mass is 9.89. The van der Waals surface area contributed by atoms with E-state index in [1.165, 1.54) is 36.8 Å². The zero-order chi connectivity index (χ0) is 45.6. The molecule has 12 nitrogen and oxygen atoms in total. The summed E-state index contributed by atoms with van der Waals surface area (Å²) in [5.41, 5.74) is 9.85. The largest absolute Gasteiger partial charge is 0.379 e. The normalized spacial score (nSPS) is 23.4. The molecule has 3 fully saturated rings. The number of ether oxygens (including phenoxy) is 5. The van der Waals surface area contributed by atoms with Crippen LogP contribution in [-0.4, -0.2) is 111 Å². The summed E-state index contributed by atoms with van der Waals surface area (Å²) in [5, 5.41) is 3.26. The molecule has 5 rings (SSSR count). The van der Waals surface area contributed by atoms with Crippen LogP contribution in [0.1, 0.15) is 141 Å². The fraction of sp³-hybridized carbons (Fsp3) is 0.706. The summed E-state index contributed by atoms with van der Waals surface area (Å²) < 4.78 is 31.5. The molecule has 0 spiro atoms. The molecule has 0 bridgehead atoms. The van der Waals surface area contributed by atoms with E-state index in [0.717, 1.165) is 37.7 Å². The van der Waals surface area contributed by atoms with Gasteiger partial charge in [-0.1, -0.05) is 108 Å². The van der Waals surface area contributed by atoms with Gasteiger partial charge in [-0.2, -0.15) is 0 Å². The summed E-state index contributed by atoms with van der Waals surface area (Å²) in [5.74, 6) is -0.275. The maximum absolute atomic E-state index is 14.2. The quantitative estimate of drug-likeness (QED) is 0.114. The molecule has 11 atom stereocenters. The first-order valence-electron chi connectivity index (χ1n) is 24.0. The minimum atomic E-state index is -0.650. The predicted octanol–water partition coefficient (Wildman–Crippen LogP) is 7.92. The molecule has 2 heterocycles. The highest BCUT2D eigenvalue weighted by molar-refractivity contribution is 5.83.